The third-order valence-electron chi connectivity index (χ3n) is 5.43. The maximum absolute atomic E-state index is 11.4. The molecule has 0 heterocycles. The van der Waals surface area contributed by atoms with Gasteiger partial charge in [-0.2, -0.15) is 0 Å². The zero-order valence-corrected chi connectivity index (χ0v) is 13.0. The molecule has 1 unspecified atom stereocenters. The molecule has 0 radical (unpaired) electrons. The molecule has 0 amide bonds. The summed E-state index contributed by atoms with van der Waals surface area (Å²) in [6, 6.07) is 2.07. The van der Waals surface area contributed by atoms with Crippen LogP contribution in [0, 0.1) is 12.8 Å². The molecular weight excluding hydrogens is 236 g/mol. The van der Waals surface area contributed by atoms with Gasteiger partial charge in [0.15, 0.2) is 6.29 Å². The zero-order chi connectivity index (χ0) is 14.6. The third-order valence-corrected chi connectivity index (χ3v) is 5.43. The lowest BCUT2D eigenvalue weighted by atomic mass is 9.71. The van der Waals surface area contributed by atoms with Gasteiger partial charge < -0.3 is 4.74 Å². The summed E-state index contributed by atoms with van der Waals surface area (Å²) in [4.78, 5) is 11.4. The molecule has 104 valence electrons. The van der Waals surface area contributed by atoms with E-state index < -0.39 is 0 Å². The normalized spacial score (nSPS) is 23.0. The number of methoxy groups -OCH3 is 1. The molecule has 1 aliphatic carbocycles. The lowest BCUT2D eigenvalue weighted by molar-refractivity contribution is 0.112. The second-order valence-electron chi connectivity index (χ2n) is 6.82. The first-order valence-electron chi connectivity index (χ1n) is 6.87. The number of ether oxygens (including phenoxy) is 1. The number of hydrogen-bond donors (Lipinski definition) is 0. The molecule has 0 bridgehead atoms. The molecule has 2 nitrogen and oxygen atoms in total. The highest BCUT2D eigenvalue weighted by molar-refractivity contribution is 5.83. The minimum absolute atomic E-state index is 0.0763. The van der Waals surface area contributed by atoms with Gasteiger partial charge in [-0.05, 0) is 46.4 Å². The molecule has 0 saturated carbocycles. The predicted molar refractivity (Wildman–Crippen MR) is 78.3 cm³/mol. The summed E-state index contributed by atoms with van der Waals surface area (Å²) in [5, 5.41) is 0. The highest BCUT2D eigenvalue weighted by Gasteiger charge is 2.49. The van der Waals surface area contributed by atoms with E-state index in [9.17, 15) is 4.79 Å². The minimum atomic E-state index is 0.0763. The Bertz CT molecular complexity index is 539. The maximum atomic E-state index is 11.4. The van der Waals surface area contributed by atoms with Crippen LogP contribution in [-0.4, -0.2) is 13.4 Å². The van der Waals surface area contributed by atoms with Gasteiger partial charge in [0.25, 0.3) is 0 Å². The monoisotopic (exact) mass is 260 g/mol. The molecule has 0 fully saturated rings. The summed E-state index contributed by atoms with van der Waals surface area (Å²) in [5.74, 6) is 1.21. The molecule has 19 heavy (non-hydrogen) atoms. The first-order chi connectivity index (χ1) is 8.69. The van der Waals surface area contributed by atoms with Crippen molar-refractivity contribution in [3.8, 4) is 5.75 Å². The summed E-state index contributed by atoms with van der Waals surface area (Å²) in [7, 11) is 1.63. The molecule has 1 aromatic carbocycles. The Labute approximate surface area is 116 Å². The van der Waals surface area contributed by atoms with Crippen molar-refractivity contribution >= 4 is 6.29 Å². The van der Waals surface area contributed by atoms with Crippen molar-refractivity contribution in [3.63, 3.8) is 0 Å². The second kappa shape index (κ2) is 4.09. The van der Waals surface area contributed by atoms with E-state index in [1.165, 1.54) is 11.1 Å². The van der Waals surface area contributed by atoms with E-state index in [1.54, 1.807) is 7.11 Å². The molecule has 0 aliphatic heterocycles. The largest absolute Gasteiger partial charge is 0.496 e. The number of aldehydes is 1. The minimum Gasteiger partial charge on any atom is -0.496 e. The molecular formula is C17H24O2. The van der Waals surface area contributed by atoms with E-state index in [4.69, 9.17) is 4.74 Å². The molecule has 2 heteroatoms. The van der Waals surface area contributed by atoms with E-state index in [0.717, 1.165) is 11.8 Å². The zero-order valence-electron chi connectivity index (χ0n) is 13.0. The molecule has 0 saturated heterocycles. The lowest BCUT2D eigenvalue weighted by Crippen LogP contribution is -2.31. The molecule has 0 aromatic heterocycles. The van der Waals surface area contributed by atoms with Crippen molar-refractivity contribution in [1.29, 1.82) is 0 Å². The van der Waals surface area contributed by atoms with Gasteiger partial charge in [0.05, 0.1) is 12.7 Å². The molecule has 0 spiro atoms. The van der Waals surface area contributed by atoms with Gasteiger partial charge in [0.1, 0.15) is 5.75 Å². The van der Waals surface area contributed by atoms with Crippen LogP contribution >= 0.6 is 0 Å². The van der Waals surface area contributed by atoms with Gasteiger partial charge in [-0.3, -0.25) is 4.79 Å². The van der Waals surface area contributed by atoms with Crippen LogP contribution in [0.1, 0.15) is 61.7 Å². The van der Waals surface area contributed by atoms with E-state index in [0.29, 0.717) is 17.2 Å². The van der Waals surface area contributed by atoms with E-state index in [1.807, 2.05) is 6.92 Å². The van der Waals surface area contributed by atoms with Crippen molar-refractivity contribution in [2.24, 2.45) is 5.92 Å². The first kappa shape index (κ1) is 14.1. The Kier molecular flexibility index (Phi) is 3.04. The number of carbonyl (C=O) groups is 1. The third kappa shape index (κ3) is 1.65. The van der Waals surface area contributed by atoms with Crippen molar-refractivity contribution in [1.82, 2.24) is 0 Å². The standard InChI is InChI=1S/C17H24O2/c1-10-12(9-18)14(19-7)8-13-15(10)17(5,6)11(2)16(13,3)4/h8-9,11H,1-7H3. The summed E-state index contributed by atoms with van der Waals surface area (Å²) in [6.45, 7) is 13.5. The first-order valence-corrected chi connectivity index (χ1v) is 6.87. The average Bonchev–Trinajstić information content (AvgIpc) is 2.48. The van der Waals surface area contributed by atoms with Gasteiger partial charge in [-0.1, -0.05) is 34.6 Å². The number of fused-ring (bicyclic) bond motifs is 1. The number of carbonyl (C=O) groups excluding carboxylic acids is 1. The van der Waals surface area contributed by atoms with Gasteiger partial charge in [-0.25, -0.2) is 0 Å². The molecule has 1 atom stereocenters. The quantitative estimate of drug-likeness (QED) is 0.751. The van der Waals surface area contributed by atoms with Crippen molar-refractivity contribution < 1.29 is 9.53 Å². The fourth-order valence-electron chi connectivity index (χ4n) is 3.81. The average molecular weight is 260 g/mol. The number of benzene rings is 1. The Morgan fingerprint density at radius 2 is 1.79 bits per heavy atom. The van der Waals surface area contributed by atoms with Crippen LogP contribution in [0.15, 0.2) is 6.07 Å². The number of hydrogen-bond acceptors (Lipinski definition) is 2. The maximum Gasteiger partial charge on any atom is 0.154 e. The van der Waals surface area contributed by atoms with Gasteiger partial charge in [0.2, 0.25) is 0 Å². The SMILES string of the molecule is COc1cc2c(c(C)c1C=O)C(C)(C)C(C)C2(C)C. The van der Waals surface area contributed by atoms with Crippen LogP contribution in [0.3, 0.4) is 0 Å². The van der Waals surface area contributed by atoms with Gasteiger partial charge in [-0.15, -0.1) is 0 Å². The van der Waals surface area contributed by atoms with Crippen LogP contribution < -0.4 is 4.74 Å². The second-order valence-corrected chi connectivity index (χ2v) is 6.82. The molecule has 1 aliphatic rings. The smallest absolute Gasteiger partial charge is 0.154 e. The van der Waals surface area contributed by atoms with E-state index >= 15 is 0 Å². The summed E-state index contributed by atoms with van der Waals surface area (Å²) in [5.41, 5.74) is 4.59. The van der Waals surface area contributed by atoms with Crippen molar-refractivity contribution in [2.45, 2.75) is 52.4 Å². The van der Waals surface area contributed by atoms with Crippen LogP contribution in [0.2, 0.25) is 0 Å². The van der Waals surface area contributed by atoms with Crippen molar-refractivity contribution in [3.05, 3.63) is 28.3 Å². The Morgan fingerprint density at radius 1 is 1.21 bits per heavy atom. The topological polar surface area (TPSA) is 26.3 Å². The fraction of sp³-hybridized carbons (Fsp3) is 0.588. The van der Waals surface area contributed by atoms with E-state index in [-0.39, 0.29) is 10.8 Å². The van der Waals surface area contributed by atoms with Gasteiger partial charge in [0, 0.05) is 0 Å². The lowest BCUT2D eigenvalue weighted by Gasteiger charge is -2.33. The summed E-state index contributed by atoms with van der Waals surface area (Å²) in [6.07, 6.45) is 0.917. The Hall–Kier alpha value is -1.31. The van der Waals surface area contributed by atoms with Crippen LogP contribution in [0.5, 0.6) is 5.75 Å². The van der Waals surface area contributed by atoms with E-state index in [2.05, 4.69) is 40.7 Å². The fourth-order valence-corrected chi connectivity index (χ4v) is 3.81. The van der Waals surface area contributed by atoms with Crippen LogP contribution in [0.25, 0.3) is 0 Å². The number of rotatable bonds is 2. The molecule has 1 aromatic rings. The summed E-state index contributed by atoms with van der Waals surface area (Å²) < 4.78 is 5.41. The highest BCUT2D eigenvalue weighted by atomic mass is 16.5. The Morgan fingerprint density at radius 3 is 2.26 bits per heavy atom. The molecule has 0 N–H and O–H groups in total. The summed E-state index contributed by atoms with van der Waals surface area (Å²) >= 11 is 0. The molecule has 2 rings (SSSR count). The van der Waals surface area contributed by atoms with Gasteiger partial charge >= 0.3 is 0 Å². The van der Waals surface area contributed by atoms with Crippen molar-refractivity contribution in [2.75, 3.05) is 7.11 Å². The highest BCUT2D eigenvalue weighted by Crippen LogP contribution is 2.55. The predicted octanol–water partition coefficient (Wildman–Crippen LogP) is 4.02. The van der Waals surface area contributed by atoms with Crippen LogP contribution in [0.4, 0.5) is 0 Å². The van der Waals surface area contributed by atoms with Crippen LogP contribution in [-0.2, 0) is 10.8 Å². The Balaban J connectivity index is 2.87.